The molecule has 0 aromatic heterocycles. The second kappa shape index (κ2) is 13.2. The molecule has 0 bridgehead atoms. The summed E-state index contributed by atoms with van der Waals surface area (Å²) in [6.07, 6.45) is -2.68. The monoisotopic (exact) mass is 480 g/mol. The van der Waals surface area contributed by atoms with Gasteiger partial charge < -0.3 is 29.6 Å². The maximum atomic E-state index is 12.9. The van der Waals surface area contributed by atoms with Gasteiger partial charge in [0.1, 0.15) is 24.3 Å². The van der Waals surface area contributed by atoms with Crippen molar-refractivity contribution >= 4 is 30.1 Å². The van der Waals surface area contributed by atoms with Crippen LogP contribution in [0.25, 0.3) is 0 Å². The third-order valence-electron chi connectivity index (χ3n) is 3.86. The summed E-state index contributed by atoms with van der Waals surface area (Å²) in [6, 6.07) is 5.99. The molecule has 0 aliphatic rings. The van der Waals surface area contributed by atoms with E-state index in [1.807, 2.05) is 0 Å². The normalized spacial score (nSPS) is 12.7. The Morgan fingerprint density at radius 3 is 2.09 bits per heavy atom. The van der Waals surface area contributed by atoms with Crippen LogP contribution in [-0.2, 0) is 39.8 Å². The highest BCUT2D eigenvalue weighted by molar-refractivity contribution is 5.92. The minimum absolute atomic E-state index is 0.0207. The van der Waals surface area contributed by atoms with Gasteiger partial charge in [-0.3, -0.25) is 9.59 Å². The second-order valence-corrected chi connectivity index (χ2v) is 8.59. The Labute approximate surface area is 198 Å². The molecule has 0 unspecified atom stereocenters. The molecule has 1 aromatic rings. The van der Waals surface area contributed by atoms with Crippen molar-refractivity contribution in [3.8, 4) is 0 Å². The van der Waals surface area contributed by atoms with Gasteiger partial charge in [-0.2, -0.15) is 0 Å². The second-order valence-electron chi connectivity index (χ2n) is 8.59. The first kappa shape index (κ1) is 28.4. The van der Waals surface area contributed by atoms with E-state index in [4.69, 9.17) is 18.9 Å². The Kier molecular flexibility index (Phi) is 11.0. The van der Waals surface area contributed by atoms with Gasteiger partial charge in [-0.15, -0.1) is 0 Å². The van der Waals surface area contributed by atoms with Crippen LogP contribution in [0.4, 0.5) is 9.59 Å². The molecular formula is C23H32N2O9. The minimum atomic E-state index is -1.38. The lowest BCUT2D eigenvalue weighted by atomic mass is 10.1. The molecule has 0 saturated carbocycles. The highest BCUT2D eigenvalue weighted by Gasteiger charge is 2.31. The smallest absolute Gasteiger partial charge is 0.463 e. The maximum absolute atomic E-state index is 12.9. The van der Waals surface area contributed by atoms with Crippen molar-refractivity contribution in [3.63, 3.8) is 0 Å². The summed E-state index contributed by atoms with van der Waals surface area (Å²) < 4.78 is 19.5. The van der Waals surface area contributed by atoms with Crippen molar-refractivity contribution in [2.45, 2.75) is 71.8 Å². The number of ether oxygens (including phenoxy) is 4. The lowest BCUT2D eigenvalue weighted by Gasteiger charge is -2.24. The Morgan fingerprint density at radius 1 is 0.941 bits per heavy atom. The van der Waals surface area contributed by atoms with Crippen molar-refractivity contribution < 1.29 is 42.9 Å². The standard InChI is InChI=1S/C23H32N2O9/c1-14(2)32-22(30)33-20(28)17(12-16-10-8-7-9-11-16)24-19(27)18(13-31-15(3)26)25-21(29)34-23(4,5)6/h7-11,14,17-18H,12-13H2,1-6H3,(H,24,27)(H,25,29)/t17-,18-/m0/s1. The van der Waals surface area contributed by atoms with Crippen LogP contribution in [0.1, 0.15) is 47.1 Å². The number of carbonyl (C=O) groups is 5. The predicted molar refractivity (Wildman–Crippen MR) is 120 cm³/mol. The van der Waals surface area contributed by atoms with E-state index in [0.717, 1.165) is 6.92 Å². The fourth-order valence-electron chi connectivity index (χ4n) is 2.52. The lowest BCUT2D eigenvalue weighted by molar-refractivity contribution is -0.147. The zero-order chi connectivity index (χ0) is 25.9. The largest absolute Gasteiger partial charge is 0.516 e. The van der Waals surface area contributed by atoms with E-state index < -0.39 is 60.5 Å². The van der Waals surface area contributed by atoms with Crippen molar-refractivity contribution in [2.24, 2.45) is 0 Å². The molecule has 2 atom stereocenters. The first-order chi connectivity index (χ1) is 15.8. The molecule has 0 heterocycles. The van der Waals surface area contributed by atoms with Crippen molar-refractivity contribution in [2.75, 3.05) is 6.61 Å². The van der Waals surface area contributed by atoms with Crippen molar-refractivity contribution in [1.82, 2.24) is 10.6 Å². The third kappa shape index (κ3) is 11.8. The number of alkyl carbamates (subject to hydrolysis) is 1. The van der Waals surface area contributed by atoms with E-state index in [1.165, 1.54) is 0 Å². The highest BCUT2D eigenvalue weighted by Crippen LogP contribution is 2.09. The van der Waals surface area contributed by atoms with Gasteiger partial charge in [-0.25, -0.2) is 14.4 Å². The van der Waals surface area contributed by atoms with E-state index in [9.17, 15) is 24.0 Å². The quantitative estimate of drug-likeness (QED) is 0.309. The highest BCUT2D eigenvalue weighted by atomic mass is 16.7. The zero-order valence-corrected chi connectivity index (χ0v) is 20.2. The molecule has 0 radical (unpaired) electrons. The molecular weight excluding hydrogens is 448 g/mol. The van der Waals surface area contributed by atoms with Gasteiger partial charge in [0.15, 0.2) is 0 Å². The van der Waals surface area contributed by atoms with Gasteiger partial charge in [-0.05, 0) is 40.2 Å². The van der Waals surface area contributed by atoms with Crippen molar-refractivity contribution in [1.29, 1.82) is 0 Å². The summed E-state index contributed by atoms with van der Waals surface area (Å²) in [4.78, 5) is 60.8. The summed E-state index contributed by atoms with van der Waals surface area (Å²) in [5.74, 6) is -2.60. The summed E-state index contributed by atoms with van der Waals surface area (Å²) in [7, 11) is 0. The van der Waals surface area contributed by atoms with Crippen LogP contribution in [0.2, 0.25) is 0 Å². The molecule has 1 rings (SSSR count). The molecule has 34 heavy (non-hydrogen) atoms. The SMILES string of the molecule is CC(=O)OC[C@H](NC(=O)OC(C)(C)C)C(=O)N[C@@H](Cc1ccccc1)C(=O)OC(=O)OC(C)C. The fraction of sp³-hybridized carbons (Fsp3) is 0.522. The van der Waals surface area contributed by atoms with Crippen LogP contribution in [-0.4, -0.2) is 60.5 Å². The number of esters is 2. The number of amides is 2. The lowest BCUT2D eigenvalue weighted by Crippen LogP contribution is -2.55. The van der Waals surface area contributed by atoms with E-state index in [1.54, 1.807) is 65.0 Å². The number of hydrogen-bond acceptors (Lipinski definition) is 9. The molecule has 11 heteroatoms. The van der Waals surface area contributed by atoms with E-state index in [0.29, 0.717) is 5.56 Å². The summed E-state index contributed by atoms with van der Waals surface area (Å²) in [5, 5.41) is 4.74. The predicted octanol–water partition coefficient (Wildman–Crippen LogP) is 2.26. The molecule has 0 fully saturated rings. The molecule has 11 nitrogen and oxygen atoms in total. The fourth-order valence-corrected chi connectivity index (χ4v) is 2.52. The van der Waals surface area contributed by atoms with Crippen LogP contribution < -0.4 is 10.6 Å². The maximum Gasteiger partial charge on any atom is 0.516 e. The summed E-state index contributed by atoms with van der Waals surface area (Å²) in [5.41, 5.74) is -0.179. The third-order valence-corrected chi connectivity index (χ3v) is 3.86. The topological polar surface area (TPSA) is 146 Å². The van der Waals surface area contributed by atoms with E-state index >= 15 is 0 Å². The van der Waals surface area contributed by atoms with Crippen LogP contribution in [0.15, 0.2) is 30.3 Å². The number of rotatable bonds is 9. The molecule has 2 N–H and O–H groups in total. The molecule has 0 spiro atoms. The van der Waals surface area contributed by atoms with Crippen LogP contribution in [0, 0.1) is 0 Å². The Hall–Kier alpha value is -3.63. The average molecular weight is 481 g/mol. The molecule has 2 amide bonds. The Bertz CT molecular complexity index is 863. The Morgan fingerprint density at radius 2 is 1.56 bits per heavy atom. The number of benzene rings is 1. The van der Waals surface area contributed by atoms with E-state index in [2.05, 4.69) is 10.6 Å². The number of carbonyl (C=O) groups excluding carboxylic acids is 5. The van der Waals surface area contributed by atoms with Gasteiger partial charge in [-0.1, -0.05) is 30.3 Å². The van der Waals surface area contributed by atoms with Gasteiger partial charge in [0, 0.05) is 13.3 Å². The molecule has 188 valence electrons. The first-order valence-corrected chi connectivity index (χ1v) is 10.7. The van der Waals surface area contributed by atoms with Crippen molar-refractivity contribution in [3.05, 3.63) is 35.9 Å². The van der Waals surface area contributed by atoms with Gasteiger partial charge >= 0.3 is 24.2 Å². The average Bonchev–Trinajstić information content (AvgIpc) is 2.69. The number of nitrogens with one attached hydrogen (secondary N) is 2. The summed E-state index contributed by atoms with van der Waals surface area (Å²) in [6.45, 7) is 8.69. The summed E-state index contributed by atoms with van der Waals surface area (Å²) >= 11 is 0. The number of hydrogen-bond donors (Lipinski definition) is 2. The first-order valence-electron chi connectivity index (χ1n) is 10.7. The van der Waals surface area contributed by atoms with Gasteiger partial charge in [0.25, 0.3) is 0 Å². The Balaban J connectivity index is 3.04. The minimum Gasteiger partial charge on any atom is -0.463 e. The van der Waals surface area contributed by atoms with E-state index in [-0.39, 0.29) is 6.42 Å². The van der Waals surface area contributed by atoms with Crippen LogP contribution in [0.5, 0.6) is 0 Å². The van der Waals surface area contributed by atoms with Gasteiger partial charge in [0.05, 0.1) is 6.10 Å². The van der Waals surface area contributed by atoms with Crippen LogP contribution >= 0.6 is 0 Å². The molecule has 0 aliphatic heterocycles. The van der Waals surface area contributed by atoms with Crippen LogP contribution in [0.3, 0.4) is 0 Å². The van der Waals surface area contributed by atoms with Gasteiger partial charge in [0.2, 0.25) is 5.91 Å². The molecule has 0 aliphatic carbocycles. The molecule has 1 aromatic carbocycles. The molecule has 0 saturated heterocycles. The zero-order valence-electron chi connectivity index (χ0n) is 20.2.